The summed E-state index contributed by atoms with van der Waals surface area (Å²) in [4.78, 5) is 32.2. The number of carbonyl (C=O) groups excluding carboxylic acids is 1. The van der Waals surface area contributed by atoms with E-state index in [-0.39, 0.29) is 11.5 Å². The second-order valence-corrected chi connectivity index (χ2v) is 8.79. The number of hydrogen-bond acceptors (Lipinski definition) is 7. The lowest BCUT2D eigenvalue weighted by Gasteiger charge is -2.18. The summed E-state index contributed by atoms with van der Waals surface area (Å²) in [6.07, 6.45) is 4.42. The minimum atomic E-state index is -0.738. The molecule has 1 unspecified atom stereocenters. The SMILES string of the molecule is C/C(=N/NC(=O)C(C)n1cnc2sc3c(c2c1=O)CCC3)c1ccc2c(c1)OCCO2. The average molecular weight is 439 g/mol. The Morgan fingerprint density at radius 3 is 2.90 bits per heavy atom. The lowest BCUT2D eigenvalue weighted by atomic mass is 10.1. The molecule has 0 spiro atoms. The van der Waals surface area contributed by atoms with Crippen LogP contribution in [-0.2, 0) is 17.6 Å². The summed E-state index contributed by atoms with van der Waals surface area (Å²) >= 11 is 1.58. The van der Waals surface area contributed by atoms with Gasteiger partial charge in [-0.15, -0.1) is 11.3 Å². The van der Waals surface area contributed by atoms with Gasteiger partial charge in [-0.3, -0.25) is 14.2 Å². The van der Waals surface area contributed by atoms with Gasteiger partial charge in [0.05, 0.1) is 17.4 Å². The average Bonchev–Trinajstić information content (AvgIpc) is 3.38. The van der Waals surface area contributed by atoms with Gasteiger partial charge in [0.15, 0.2) is 11.5 Å². The Hall–Kier alpha value is -3.20. The first kappa shape index (κ1) is 19.7. The molecule has 1 amide bonds. The summed E-state index contributed by atoms with van der Waals surface area (Å²) in [7, 11) is 0. The predicted octanol–water partition coefficient (Wildman–Crippen LogP) is 2.82. The third-order valence-corrected chi connectivity index (χ3v) is 6.94. The molecule has 5 rings (SSSR count). The van der Waals surface area contributed by atoms with Crippen molar-refractivity contribution < 1.29 is 14.3 Å². The predicted molar refractivity (Wildman–Crippen MR) is 118 cm³/mol. The highest BCUT2D eigenvalue weighted by molar-refractivity contribution is 7.18. The molecule has 8 nitrogen and oxygen atoms in total. The lowest BCUT2D eigenvalue weighted by Crippen LogP contribution is -2.34. The van der Waals surface area contributed by atoms with E-state index in [2.05, 4.69) is 15.5 Å². The van der Waals surface area contributed by atoms with Gasteiger partial charge >= 0.3 is 0 Å². The molecular weight excluding hydrogens is 416 g/mol. The minimum absolute atomic E-state index is 0.167. The van der Waals surface area contributed by atoms with Gasteiger partial charge in [-0.25, -0.2) is 10.4 Å². The number of amides is 1. The van der Waals surface area contributed by atoms with E-state index in [1.54, 1.807) is 25.2 Å². The highest BCUT2D eigenvalue weighted by atomic mass is 32.1. The molecule has 1 aliphatic carbocycles. The fourth-order valence-corrected chi connectivity index (χ4v) is 5.18. The number of nitrogens with one attached hydrogen (secondary N) is 1. The first-order valence-corrected chi connectivity index (χ1v) is 11.1. The number of hydrogen-bond donors (Lipinski definition) is 1. The molecule has 0 fully saturated rings. The van der Waals surface area contributed by atoms with Gasteiger partial charge in [-0.1, -0.05) is 0 Å². The normalized spacial score (nSPS) is 16.3. The van der Waals surface area contributed by atoms with E-state index in [4.69, 9.17) is 9.47 Å². The van der Waals surface area contributed by atoms with Crippen LogP contribution in [0, 0.1) is 0 Å². The number of thiophene rings is 1. The third kappa shape index (κ3) is 3.48. The zero-order valence-electron chi connectivity index (χ0n) is 17.3. The molecule has 0 saturated carbocycles. The van der Waals surface area contributed by atoms with Crippen LogP contribution in [-0.4, -0.2) is 34.4 Å². The van der Waals surface area contributed by atoms with Crippen molar-refractivity contribution in [1.82, 2.24) is 15.0 Å². The van der Waals surface area contributed by atoms with Crippen molar-refractivity contribution in [3.63, 3.8) is 0 Å². The molecule has 1 N–H and O–H groups in total. The smallest absolute Gasteiger partial charge is 0.263 e. The Bertz CT molecular complexity index is 1280. The number of fused-ring (bicyclic) bond motifs is 4. The molecule has 0 radical (unpaired) electrons. The van der Waals surface area contributed by atoms with Crippen LogP contribution in [0.3, 0.4) is 0 Å². The van der Waals surface area contributed by atoms with E-state index in [0.717, 1.165) is 35.2 Å². The Balaban J connectivity index is 1.36. The van der Waals surface area contributed by atoms with Crippen molar-refractivity contribution in [2.24, 2.45) is 5.10 Å². The van der Waals surface area contributed by atoms with Crippen LogP contribution >= 0.6 is 11.3 Å². The van der Waals surface area contributed by atoms with Crippen LogP contribution in [0.15, 0.2) is 34.4 Å². The maximum Gasteiger partial charge on any atom is 0.263 e. The molecule has 160 valence electrons. The highest BCUT2D eigenvalue weighted by Gasteiger charge is 2.24. The maximum absolute atomic E-state index is 13.1. The molecule has 3 heterocycles. The van der Waals surface area contributed by atoms with Crippen molar-refractivity contribution >= 4 is 33.2 Å². The number of rotatable bonds is 4. The number of hydrazone groups is 1. The topological polar surface area (TPSA) is 94.8 Å². The molecular formula is C22H22N4O4S. The van der Waals surface area contributed by atoms with E-state index in [1.165, 1.54) is 15.8 Å². The quantitative estimate of drug-likeness (QED) is 0.499. The van der Waals surface area contributed by atoms with Crippen molar-refractivity contribution in [2.75, 3.05) is 13.2 Å². The van der Waals surface area contributed by atoms with E-state index < -0.39 is 6.04 Å². The first-order valence-electron chi connectivity index (χ1n) is 10.3. The Morgan fingerprint density at radius 2 is 2.06 bits per heavy atom. The molecule has 31 heavy (non-hydrogen) atoms. The van der Waals surface area contributed by atoms with Crippen LogP contribution in [0.25, 0.3) is 10.2 Å². The molecule has 1 atom stereocenters. The first-order chi connectivity index (χ1) is 15.0. The summed E-state index contributed by atoms with van der Waals surface area (Å²) in [6, 6.07) is 4.79. The fraction of sp³-hybridized carbons (Fsp3) is 0.364. The van der Waals surface area contributed by atoms with E-state index in [1.807, 2.05) is 18.2 Å². The van der Waals surface area contributed by atoms with Gasteiger partial charge in [0.25, 0.3) is 11.5 Å². The number of aromatic nitrogens is 2. The van der Waals surface area contributed by atoms with Gasteiger partial charge in [-0.2, -0.15) is 5.10 Å². The van der Waals surface area contributed by atoms with Gasteiger partial charge in [0.2, 0.25) is 0 Å². The lowest BCUT2D eigenvalue weighted by molar-refractivity contribution is -0.123. The second-order valence-electron chi connectivity index (χ2n) is 7.70. The Kier molecular flexibility index (Phi) is 4.97. The summed E-state index contributed by atoms with van der Waals surface area (Å²) in [5, 5.41) is 4.88. The largest absolute Gasteiger partial charge is 0.486 e. The fourth-order valence-electron chi connectivity index (χ4n) is 3.97. The molecule has 2 aromatic heterocycles. The molecule has 2 aliphatic rings. The van der Waals surface area contributed by atoms with Crippen LogP contribution < -0.4 is 20.5 Å². The van der Waals surface area contributed by atoms with E-state index in [9.17, 15) is 9.59 Å². The van der Waals surface area contributed by atoms with Crippen molar-refractivity contribution in [3.05, 3.63) is 50.9 Å². The zero-order chi connectivity index (χ0) is 21.5. The summed E-state index contributed by atoms with van der Waals surface area (Å²) in [5.74, 6) is 0.974. The zero-order valence-corrected chi connectivity index (χ0v) is 18.1. The Labute approximate surface area is 182 Å². The van der Waals surface area contributed by atoms with Crippen molar-refractivity contribution in [1.29, 1.82) is 0 Å². The standard InChI is InChI=1S/C22H22N4O4S/c1-12(14-6-7-16-17(10-14)30-9-8-29-16)24-25-20(27)13(2)26-11-23-21-19(22(26)28)15-4-3-5-18(15)31-21/h6-7,10-11,13H,3-5,8-9H2,1-2H3,(H,25,27)/b24-12-. The van der Waals surface area contributed by atoms with Crippen LogP contribution in [0.5, 0.6) is 11.5 Å². The molecule has 9 heteroatoms. The number of carbonyl (C=O) groups is 1. The van der Waals surface area contributed by atoms with Crippen LogP contribution in [0.1, 0.15) is 42.3 Å². The Morgan fingerprint density at radius 1 is 1.26 bits per heavy atom. The second kappa shape index (κ2) is 7.81. The number of benzene rings is 1. The van der Waals surface area contributed by atoms with Gasteiger partial charge in [0, 0.05) is 10.4 Å². The number of ether oxygens (including phenoxy) is 2. The molecule has 0 bridgehead atoms. The van der Waals surface area contributed by atoms with Crippen molar-refractivity contribution in [3.8, 4) is 11.5 Å². The van der Waals surface area contributed by atoms with Gasteiger partial charge < -0.3 is 9.47 Å². The summed E-state index contributed by atoms with van der Waals surface area (Å²) < 4.78 is 12.5. The van der Waals surface area contributed by atoms with Gasteiger partial charge in [-0.05, 0) is 56.9 Å². The monoisotopic (exact) mass is 438 g/mol. The van der Waals surface area contributed by atoms with E-state index >= 15 is 0 Å². The molecule has 1 aromatic carbocycles. The molecule has 0 saturated heterocycles. The number of nitrogens with zero attached hydrogens (tertiary/aromatic N) is 3. The van der Waals surface area contributed by atoms with Gasteiger partial charge in [0.1, 0.15) is 24.1 Å². The van der Waals surface area contributed by atoms with Crippen LogP contribution in [0.2, 0.25) is 0 Å². The maximum atomic E-state index is 13.1. The minimum Gasteiger partial charge on any atom is -0.486 e. The third-order valence-electron chi connectivity index (χ3n) is 5.74. The molecule has 3 aromatic rings. The number of aryl methyl sites for hydroxylation is 2. The van der Waals surface area contributed by atoms with Crippen LogP contribution in [0.4, 0.5) is 0 Å². The van der Waals surface area contributed by atoms with E-state index in [0.29, 0.717) is 35.8 Å². The summed E-state index contributed by atoms with van der Waals surface area (Å²) in [6.45, 7) is 4.50. The molecule has 1 aliphatic heterocycles. The summed E-state index contributed by atoms with van der Waals surface area (Å²) in [5.41, 5.74) is 4.94. The highest BCUT2D eigenvalue weighted by Crippen LogP contribution is 2.34. The van der Waals surface area contributed by atoms with Crippen molar-refractivity contribution in [2.45, 2.75) is 39.2 Å².